The molecule has 1 rings (SSSR count). The molecule has 17 heavy (non-hydrogen) atoms. The average Bonchev–Trinajstić information content (AvgIpc) is 2.26. The minimum Gasteiger partial charge on any atom is -0.497 e. The number of methoxy groups -OCH3 is 1. The molecule has 0 fully saturated rings. The van der Waals surface area contributed by atoms with Crippen LogP contribution in [-0.4, -0.2) is 19.1 Å². The molecule has 0 bridgehead atoms. The second kappa shape index (κ2) is 7.92. The first kappa shape index (κ1) is 15.7. The smallest absolute Gasteiger partial charge is 0.221 e. The SMILES string of the molecule is COc1ccc(CNC(=O)CC(C)N)cc1.Cl. The summed E-state index contributed by atoms with van der Waals surface area (Å²) in [7, 11) is 1.62. The number of rotatable bonds is 5. The maximum Gasteiger partial charge on any atom is 0.221 e. The van der Waals surface area contributed by atoms with Gasteiger partial charge in [-0.1, -0.05) is 12.1 Å². The predicted molar refractivity (Wildman–Crippen MR) is 70.4 cm³/mol. The summed E-state index contributed by atoms with van der Waals surface area (Å²) in [4.78, 5) is 11.3. The van der Waals surface area contributed by atoms with Gasteiger partial charge in [-0.15, -0.1) is 12.4 Å². The van der Waals surface area contributed by atoms with E-state index < -0.39 is 0 Å². The van der Waals surface area contributed by atoms with Crippen LogP contribution in [0.4, 0.5) is 0 Å². The monoisotopic (exact) mass is 258 g/mol. The Bertz CT molecular complexity index is 339. The molecule has 0 radical (unpaired) electrons. The molecule has 5 heteroatoms. The maximum atomic E-state index is 11.3. The Labute approximate surface area is 108 Å². The van der Waals surface area contributed by atoms with Gasteiger partial charge in [0.25, 0.3) is 0 Å². The van der Waals surface area contributed by atoms with Crippen molar-refractivity contribution in [1.82, 2.24) is 5.32 Å². The Morgan fingerprint density at radius 3 is 2.47 bits per heavy atom. The summed E-state index contributed by atoms with van der Waals surface area (Å²) in [6.45, 7) is 2.34. The number of halogens is 1. The largest absolute Gasteiger partial charge is 0.497 e. The summed E-state index contributed by atoms with van der Waals surface area (Å²) in [5.41, 5.74) is 6.56. The number of hydrogen-bond acceptors (Lipinski definition) is 3. The van der Waals surface area contributed by atoms with Crippen LogP contribution >= 0.6 is 12.4 Å². The van der Waals surface area contributed by atoms with Crippen molar-refractivity contribution in [3.63, 3.8) is 0 Å². The molecule has 4 nitrogen and oxygen atoms in total. The number of ether oxygens (including phenoxy) is 1. The molecule has 1 amide bonds. The van der Waals surface area contributed by atoms with Crippen molar-refractivity contribution in [1.29, 1.82) is 0 Å². The third-order valence-electron chi connectivity index (χ3n) is 2.16. The van der Waals surface area contributed by atoms with E-state index >= 15 is 0 Å². The first-order chi connectivity index (χ1) is 7.61. The first-order valence-electron chi connectivity index (χ1n) is 5.27. The first-order valence-corrected chi connectivity index (χ1v) is 5.27. The summed E-state index contributed by atoms with van der Waals surface area (Å²) < 4.78 is 5.04. The highest BCUT2D eigenvalue weighted by Gasteiger charge is 2.04. The zero-order valence-corrected chi connectivity index (χ0v) is 10.9. The molecular weight excluding hydrogens is 240 g/mol. The average molecular weight is 259 g/mol. The fraction of sp³-hybridized carbons (Fsp3) is 0.417. The lowest BCUT2D eigenvalue weighted by atomic mass is 10.2. The van der Waals surface area contributed by atoms with Crippen LogP contribution in [0.5, 0.6) is 5.75 Å². The fourth-order valence-electron chi connectivity index (χ4n) is 1.31. The van der Waals surface area contributed by atoms with Crippen LogP contribution in [0.15, 0.2) is 24.3 Å². The van der Waals surface area contributed by atoms with E-state index in [1.165, 1.54) is 0 Å². The Kier molecular flexibility index (Phi) is 7.34. The molecule has 1 aromatic carbocycles. The summed E-state index contributed by atoms with van der Waals surface area (Å²) in [6, 6.07) is 7.48. The number of carbonyl (C=O) groups is 1. The molecule has 1 atom stereocenters. The fourth-order valence-corrected chi connectivity index (χ4v) is 1.31. The third-order valence-corrected chi connectivity index (χ3v) is 2.16. The van der Waals surface area contributed by atoms with Crippen LogP contribution in [0.25, 0.3) is 0 Å². The van der Waals surface area contributed by atoms with Crippen LogP contribution < -0.4 is 15.8 Å². The third kappa shape index (κ3) is 6.14. The molecule has 3 N–H and O–H groups in total. The van der Waals surface area contributed by atoms with Gasteiger partial charge >= 0.3 is 0 Å². The Morgan fingerprint density at radius 2 is 2.00 bits per heavy atom. The normalized spacial score (nSPS) is 11.2. The Hall–Kier alpha value is -1.26. The number of nitrogens with two attached hydrogens (primary N) is 1. The highest BCUT2D eigenvalue weighted by atomic mass is 35.5. The van der Waals surface area contributed by atoms with Gasteiger partial charge in [0.1, 0.15) is 5.75 Å². The lowest BCUT2D eigenvalue weighted by Gasteiger charge is -2.07. The number of nitrogens with one attached hydrogen (secondary N) is 1. The summed E-state index contributed by atoms with van der Waals surface area (Å²) in [5.74, 6) is 0.788. The van der Waals surface area contributed by atoms with Crippen molar-refractivity contribution in [2.75, 3.05) is 7.11 Å². The highest BCUT2D eigenvalue weighted by Crippen LogP contribution is 2.10. The van der Waals surface area contributed by atoms with E-state index in [1.807, 2.05) is 31.2 Å². The van der Waals surface area contributed by atoms with Crippen LogP contribution in [0.2, 0.25) is 0 Å². The summed E-state index contributed by atoms with van der Waals surface area (Å²) >= 11 is 0. The van der Waals surface area contributed by atoms with E-state index in [0.717, 1.165) is 11.3 Å². The second-order valence-corrected chi connectivity index (χ2v) is 3.81. The number of benzene rings is 1. The lowest BCUT2D eigenvalue weighted by Crippen LogP contribution is -2.29. The Balaban J connectivity index is 0.00000256. The zero-order chi connectivity index (χ0) is 12.0. The van der Waals surface area contributed by atoms with E-state index in [9.17, 15) is 4.79 Å². The van der Waals surface area contributed by atoms with Gasteiger partial charge in [0, 0.05) is 19.0 Å². The lowest BCUT2D eigenvalue weighted by molar-refractivity contribution is -0.121. The molecule has 1 aromatic rings. The number of carbonyl (C=O) groups excluding carboxylic acids is 1. The van der Waals surface area contributed by atoms with E-state index in [2.05, 4.69) is 5.32 Å². The zero-order valence-electron chi connectivity index (χ0n) is 10.1. The quantitative estimate of drug-likeness (QED) is 0.841. The van der Waals surface area contributed by atoms with Gasteiger partial charge in [-0.05, 0) is 24.6 Å². The molecule has 96 valence electrons. The molecule has 0 heterocycles. The molecule has 0 aliphatic heterocycles. The maximum absolute atomic E-state index is 11.3. The van der Waals surface area contributed by atoms with Crippen molar-refractivity contribution < 1.29 is 9.53 Å². The Morgan fingerprint density at radius 1 is 1.41 bits per heavy atom. The van der Waals surface area contributed by atoms with Crippen molar-refractivity contribution in [3.8, 4) is 5.75 Å². The van der Waals surface area contributed by atoms with Crippen LogP contribution in [0.3, 0.4) is 0 Å². The number of amides is 1. The summed E-state index contributed by atoms with van der Waals surface area (Å²) in [6.07, 6.45) is 0.357. The van der Waals surface area contributed by atoms with Crippen molar-refractivity contribution in [3.05, 3.63) is 29.8 Å². The van der Waals surface area contributed by atoms with Crippen molar-refractivity contribution in [2.45, 2.75) is 25.9 Å². The van der Waals surface area contributed by atoms with Gasteiger partial charge in [-0.3, -0.25) is 4.79 Å². The highest BCUT2D eigenvalue weighted by molar-refractivity contribution is 5.85. The summed E-state index contributed by atoms with van der Waals surface area (Å²) in [5, 5.41) is 2.81. The van der Waals surface area contributed by atoms with Crippen LogP contribution in [-0.2, 0) is 11.3 Å². The van der Waals surface area contributed by atoms with Crippen molar-refractivity contribution >= 4 is 18.3 Å². The van der Waals surface area contributed by atoms with Crippen molar-refractivity contribution in [2.24, 2.45) is 5.73 Å². The van der Waals surface area contributed by atoms with E-state index in [-0.39, 0.29) is 24.4 Å². The topological polar surface area (TPSA) is 64.3 Å². The van der Waals surface area contributed by atoms with Gasteiger partial charge in [0.2, 0.25) is 5.91 Å². The number of hydrogen-bond donors (Lipinski definition) is 2. The van der Waals surface area contributed by atoms with Gasteiger partial charge < -0.3 is 15.8 Å². The molecule has 0 aliphatic rings. The minimum atomic E-state index is -0.101. The molecule has 0 saturated heterocycles. The molecule has 0 aromatic heterocycles. The van der Waals surface area contributed by atoms with Gasteiger partial charge in [-0.2, -0.15) is 0 Å². The molecule has 0 aliphatic carbocycles. The molecule has 0 saturated carbocycles. The predicted octanol–water partition coefficient (Wildman–Crippen LogP) is 1.47. The van der Waals surface area contributed by atoms with Gasteiger partial charge in [-0.25, -0.2) is 0 Å². The van der Waals surface area contributed by atoms with Crippen LogP contribution in [0, 0.1) is 0 Å². The molecule has 1 unspecified atom stereocenters. The van der Waals surface area contributed by atoms with E-state index in [0.29, 0.717) is 13.0 Å². The van der Waals surface area contributed by atoms with E-state index in [1.54, 1.807) is 7.11 Å². The second-order valence-electron chi connectivity index (χ2n) is 3.81. The standard InChI is InChI=1S/C12H18N2O2.ClH/c1-9(13)7-12(15)14-8-10-3-5-11(16-2)6-4-10;/h3-6,9H,7-8,13H2,1-2H3,(H,14,15);1H. The molecular formula is C12H19ClN2O2. The van der Waals surface area contributed by atoms with Gasteiger partial charge in [0.05, 0.1) is 7.11 Å². The molecule has 0 spiro atoms. The van der Waals surface area contributed by atoms with Crippen LogP contribution in [0.1, 0.15) is 18.9 Å². The van der Waals surface area contributed by atoms with Gasteiger partial charge in [0.15, 0.2) is 0 Å². The van der Waals surface area contributed by atoms with E-state index in [4.69, 9.17) is 10.5 Å². The minimum absolute atomic E-state index is 0.